The second-order valence-corrected chi connectivity index (χ2v) is 6.14. The van der Waals surface area contributed by atoms with Gasteiger partial charge in [-0.05, 0) is 56.1 Å². The molecule has 2 rings (SSSR count). The van der Waals surface area contributed by atoms with Gasteiger partial charge >= 0.3 is 0 Å². The molecule has 0 aliphatic heterocycles. The van der Waals surface area contributed by atoms with Crippen LogP contribution in [0.15, 0.2) is 24.3 Å². The smallest absolute Gasteiger partial charge is 0.170 e. The Hall–Kier alpha value is -1.13. The molecule has 0 spiro atoms. The van der Waals surface area contributed by atoms with Crippen molar-refractivity contribution in [2.75, 3.05) is 18.5 Å². The first-order valence-corrected chi connectivity index (χ1v) is 8.38. The van der Waals surface area contributed by atoms with Crippen molar-refractivity contribution in [2.45, 2.75) is 51.6 Å². The molecular formula is C17H26N2OS. The summed E-state index contributed by atoms with van der Waals surface area (Å²) in [5.41, 5.74) is 2.26. The third kappa shape index (κ3) is 6.44. The number of hydrogen-bond acceptors (Lipinski definition) is 2. The van der Waals surface area contributed by atoms with Crippen LogP contribution in [0.25, 0.3) is 0 Å². The van der Waals surface area contributed by atoms with Crippen LogP contribution >= 0.6 is 12.2 Å². The van der Waals surface area contributed by atoms with E-state index in [0.717, 1.165) is 25.3 Å². The number of nitrogens with one attached hydrogen (secondary N) is 2. The quantitative estimate of drug-likeness (QED) is 0.614. The maximum Gasteiger partial charge on any atom is 0.170 e. The first kappa shape index (κ1) is 16.2. The average molecular weight is 306 g/mol. The van der Waals surface area contributed by atoms with Gasteiger partial charge in [0, 0.05) is 18.8 Å². The van der Waals surface area contributed by atoms with E-state index < -0.39 is 0 Å². The molecule has 1 aliphatic rings. The zero-order valence-electron chi connectivity index (χ0n) is 12.9. The van der Waals surface area contributed by atoms with Gasteiger partial charge in [0.05, 0.1) is 6.10 Å². The third-order valence-corrected chi connectivity index (χ3v) is 4.03. The van der Waals surface area contributed by atoms with Gasteiger partial charge in [-0.15, -0.1) is 0 Å². The van der Waals surface area contributed by atoms with Crippen molar-refractivity contribution in [2.24, 2.45) is 0 Å². The van der Waals surface area contributed by atoms with Crippen LogP contribution in [-0.4, -0.2) is 24.4 Å². The van der Waals surface area contributed by atoms with Gasteiger partial charge in [0.15, 0.2) is 5.11 Å². The fourth-order valence-corrected chi connectivity index (χ4v) is 2.87. The highest BCUT2D eigenvalue weighted by atomic mass is 32.1. The van der Waals surface area contributed by atoms with Gasteiger partial charge in [-0.3, -0.25) is 0 Å². The number of benzene rings is 1. The number of ether oxygens (including phenoxy) is 1. The largest absolute Gasteiger partial charge is 0.378 e. The first-order chi connectivity index (χ1) is 10.2. The molecule has 1 saturated carbocycles. The van der Waals surface area contributed by atoms with Gasteiger partial charge in [0.1, 0.15) is 0 Å². The first-order valence-electron chi connectivity index (χ1n) is 7.97. The van der Waals surface area contributed by atoms with Gasteiger partial charge in [0.25, 0.3) is 0 Å². The van der Waals surface area contributed by atoms with Crippen LogP contribution in [0.4, 0.5) is 5.69 Å². The van der Waals surface area contributed by atoms with Crippen LogP contribution in [0.3, 0.4) is 0 Å². The molecule has 0 bridgehead atoms. The highest BCUT2D eigenvalue weighted by Crippen LogP contribution is 2.20. The van der Waals surface area contributed by atoms with Crippen molar-refractivity contribution in [1.29, 1.82) is 0 Å². The highest BCUT2D eigenvalue weighted by molar-refractivity contribution is 7.80. The number of aryl methyl sites for hydroxylation is 1. The summed E-state index contributed by atoms with van der Waals surface area (Å²) in [7, 11) is 0. The Balaban J connectivity index is 1.54. The Morgan fingerprint density at radius 3 is 2.86 bits per heavy atom. The summed E-state index contributed by atoms with van der Waals surface area (Å²) < 4.78 is 5.90. The molecule has 1 aromatic rings. The normalized spacial score (nSPS) is 15.7. The summed E-state index contributed by atoms with van der Waals surface area (Å²) in [6, 6.07) is 8.20. The lowest BCUT2D eigenvalue weighted by atomic mass is 9.98. The van der Waals surface area contributed by atoms with Crippen LogP contribution < -0.4 is 10.6 Å². The van der Waals surface area contributed by atoms with Crippen molar-refractivity contribution >= 4 is 23.0 Å². The van der Waals surface area contributed by atoms with Crippen LogP contribution in [0.1, 0.15) is 44.1 Å². The lowest BCUT2D eigenvalue weighted by molar-refractivity contribution is 0.0277. The Bertz CT molecular complexity index is 444. The minimum Gasteiger partial charge on any atom is -0.378 e. The van der Waals surface area contributed by atoms with E-state index in [9.17, 15) is 0 Å². The van der Waals surface area contributed by atoms with E-state index in [1.165, 1.54) is 37.7 Å². The zero-order valence-corrected chi connectivity index (χ0v) is 13.7. The van der Waals surface area contributed by atoms with Crippen LogP contribution in [0, 0.1) is 6.92 Å². The molecule has 1 aliphatic carbocycles. The van der Waals surface area contributed by atoms with Gasteiger partial charge in [-0.1, -0.05) is 31.4 Å². The molecule has 1 fully saturated rings. The SMILES string of the molecule is Cc1cccc(NC(=S)NCCCOC2CCCCC2)c1. The molecule has 0 saturated heterocycles. The van der Waals surface area contributed by atoms with Crippen molar-refractivity contribution < 1.29 is 4.74 Å². The molecule has 1 aromatic carbocycles. The molecule has 0 radical (unpaired) electrons. The highest BCUT2D eigenvalue weighted by Gasteiger charge is 2.12. The minimum absolute atomic E-state index is 0.496. The summed E-state index contributed by atoms with van der Waals surface area (Å²) in [5.74, 6) is 0. The molecule has 0 amide bonds. The monoisotopic (exact) mass is 306 g/mol. The number of rotatable bonds is 6. The van der Waals surface area contributed by atoms with Gasteiger partial charge in [-0.25, -0.2) is 0 Å². The molecule has 116 valence electrons. The lowest BCUT2D eigenvalue weighted by Gasteiger charge is -2.22. The maximum absolute atomic E-state index is 5.90. The van der Waals surface area contributed by atoms with Crippen molar-refractivity contribution in [3.05, 3.63) is 29.8 Å². The Labute approximate surface area is 133 Å². The van der Waals surface area contributed by atoms with Crippen molar-refractivity contribution in [3.8, 4) is 0 Å². The van der Waals surface area contributed by atoms with E-state index in [-0.39, 0.29) is 0 Å². The molecule has 21 heavy (non-hydrogen) atoms. The number of anilines is 1. The second kappa shape index (κ2) is 9.00. The molecule has 0 atom stereocenters. The van der Waals surface area contributed by atoms with E-state index in [1.807, 2.05) is 12.1 Å². The van der Waals surface area contributed by atoms with Crippen LogP contribution in [0.5, 0.6) is 0 Å². The maximum atomic E-state index is 5.90. The predicted octanol–water partition coefficient (Wildman–Crippen LogP) is 4.02. The predicted molar refractivity (Wildman–Crippen MR) is 92.8 cm³/mol. The molecular weight excluding hydrogens is 280 g/mol. The molecule has 0 heterocycles. The van der Waals surface area contributed by atoms with E-state index in [1.54, 1.807) is 0 Å². The van der Waals surface area contributed by atoms with Crippen LogP contribution in [-0.2, 0) is 4.74 Å². The summed E-state index contributed by atoms with van der Waals surface area (Å²) >= 11 is 5.29. The van der Waals surface area contributed by atoms with E-state index in [0.29, 0.717) is 11.2 Å². The standard InChI is InChI=1S/C17H26N2OS/c1-14-7-5-8-15(13-14)19-17(21)18-11-6-12-20-16-9-3-2-4-10-16/h5,7-8,13,16H,2-4,6,9-12H2,1H3,(H2,18,19,21). The lowest BCUT2D eigenvalue weighted by Crippen LogP contribution is -2.30. The number of thiocarbonyl (C=S) groups is 1. The van der Waals surface area contributed by atoms with Gasteiger partial charge in [0.2, 0.25) is 0 Å². The fourth-order valence-electron chi connectivity index (χ4n) is 2.65. The zero-order chi connectivity index (χ0) is 14.9. The topological polar surface area (TPSA) is 33.3 Å². The Morgan fingerprint density at radius 2 is 2.10 bits per heavy atom. The Kier molecular flexibility index (Phi) is 6.96. The second-order valence-electron chi connectivity index (χ2n) is 5.73. The van der Waals surface area contributed by atoms with E-state index in [2.05, 4.69) is 29.7 Å². The summed E-state index contributed by atoms with van der Waals surface area (Å²) in [4.78, 5) is 0. The van der Waals surface area contributed by atoms with E-state index >= 15 is 0 Å². The van der Waals surface area contributed by atoms with Gasteiger partial charge < -0.3 is 15.4 Å². The molecule has 4 heteroatoms. The number of hydrogen-bond donors (Lipinski definition) is 2. The minimum atomic E-state index is 0.496. The summed E-state index contributed by atoms with van der Waals surface area (Å²) in [6.45, 7) is 3.75. The average Bonchev–Trinajstić information content (AvgIpc) is 2.48. The molecule has 0 aromatic heterocycles. The van der Waals surface area contributed by atoms with Crippen molar-refractivity contribution in [1.82, 2.24) is 5.32 Å². The van der Waals surface area contributed by atoms with Crippen LogP contribution in [0.2, 0.25) is 0 Å². The molecule has 3 nitrogen and oxygen atoms in total. The summed E-state index contributed by atoms with van der Waals surface area (Å²) in [5, 5.41) is 7.11. The Morgan fingerprint density at radius 1 is 1.29 bits per heavy atom. The van der Waals surface area contributed by atoms with Gasteiger partial charge in [-0.2, -0.15) is 0 Å². The third-order valence-electron chi connectivity index (χ3n) is 3.79. The fraction of sp³-hybridized carbons (Fsp3) is 0.588. The van der Waals surface area contributed by atoms with Crippen molar-refractivity contribution in [3.63, 3.8) is 0 Å². The van der Waals surface area contributed by atoms with E-state index in [4.69, 9.17) is 17.0 Å². The molecule has 2 N–H and O–H groups in total. The molecule has 0 unspecified atom stereocenters. The summed E-state index contributed by atoms with van der Waals surface area (Å²) in [6.07, 6.45) is 7.99.